The lowest BCUT2D eigenvalue weighted by atomic mass is 10.0. The molecule has 122 valence electrons. The van der Waals surface area contributed by atoms with Gasteiger partial charge in [0.25, 0.3) is 0 Å². The smallest absolute Gasteiger partial charge is 0.220 e. The van der Waals surface area contributed by atoms with Gasteiger partial charge in [0.1, 0.15) is 17.6 Å². The zero-order valence-corrected chi connectivity index (χ0v) is 13.4. The molecule has 1 aliphatic rings. The van der Waals surface area contributed by atoms with Crippen LogP contribution in [0.3, 0.4) is 0 Å². The number of carbonyl (C=O) groups is 1. The fourth-order valence-electron chi connectivity index (χ4n) is 2.57. The summed E-state index contributed by atoms with van der Waals surface area (Å²) in [4.78, 5) is 11.8. The fraction of sp³-hybridized carbons (Fsp3) is 0.588. The van der Waals surface area contributed by atoms with Crippen LogP contribution in [-0.2, 0) is 4.79 Å². The molecule has 22 heavy (non-hydrogen) atoms. The van der Waals surface area contributed by atoms with Crippen LogP contribution in [0.2, 0.25) is 0 Å². The molecule has 1 aromatic carbocycles. The van der Waals surface area contributed by atoms with Crippen LogP contribution in [0.25, 0.3) is 0 Å². The molecule has 2 unspecified atom stereocenters. The molecule has 1 saturated heterocycles. The lowest BCUT2D eigenvalue weighted by Gasteiger charge is -2.16. The molecule has 2 N–H and O–H groups in total. The summed E-state index contributed by atoms with van der Waals surface area (Å²) in [6, 6.07) is 7.45. The fourth-order valence-corrected chi connectivity index (χ4v) is 2.57. The third kappa shape index (κ3) is 5.56. The SMILES string of the molecule is COc1ccc(OC(C)CNC(=O)CCC2CCNC2)cc1. The second kappa shape index (κ2) is 8.63. The molecule has 1 fully saturated rings. The Balaban J connectivity index is 1.63. The normalized spacial score (nSPS) is 18.7. The number of methoxy groups -OCH3 is 1. The first-order valence-corrected chi connectivity index (χ1v) is 7.95. The van der Waals surface area contributed by atoms with Gasteiger partial charge < -0.3 is 20.1 Å². The van der Waals surface area contributed by atoms with Gasteiger partial charge in [-0.05, 0) is 63.0 Å². The standard InChI is InChI=1S/C17H26N2O3/c1-13(22-16-6-4-15(21-2)5-7-16)11-19-17(20)8-3-14-9-10-18-12-14/h4-7,13-14,18H,3,8-12H2,1-2H3,(H,19,20). The van der Waals surface area contributed by atoms with E-state index in [9.17, 15) is 4.79 Å². The molecular weight excluding hydrogens is 280 g/mol. The van der Waals surface area contributed by atoms with E-state index in [1.165, 1.54) is 6.42 Å². The van der Waals surface area contributed by atoms with Gasteiger partial charge >= 0.3 is 0 Å². The monoisotopic (exact) mass is 306 g/mol. The molecule has 1 amide bonds. The van der Waals surface area contributed by atoms with Crippen molar-refractivity contribution in [2.24, 2.45) is 5.92 Å². The van der Waals surface area contributed by atoms with Crippen molar-refractivity contribution in [2.45, 2.75) is 32.3 Å². The zero-order chi connectivity index (χ0) is 15.8. The number of ether oxygens (including phenoxy) is 2. The van der Waals surface area contributed by atoms with Crippen LogP contribution < -0.4 is 20.1 Å². The summed E-state index contributed by atoms with van der Waals surface area (Å²) in [6.45, 7) is 4.60. The van der Waals surface area contributed by atoms with Crippen LogP contribution in [0.15, 0.2) is 24.3 Å². The lowest BCUT2D eigenvalue weighted by Crippen LogP contribution is -2.33. The van der Waals surface area contributed by atoms with E-state index < -0.39 is 0 Å². The first-order valence-electron chi connectivity index (χ1n) is 7.95. The number of nitrogens with one attached hydrogen (secondary N) is 2. The predicted molar refractivity (Wildman–Crippen MR) is 86.3 cm³/mol. The maximum absolute atomic E-state index is 11.8. The summed E-state index contributed by atoms with van der Waals surface area (Å²) >= 11 is 0. The molecule has 0 aromatic heterocycles. The van der Waals surface area contributed by atoms with Crippen molar-refractivity contribution in [2.75, 3.05) is 26.7 Å². The number of hydrogen-bond donors (Lipinski definition) is 2. The second-order valence-electron chi connectivity index (χ2n) is 5.81. The highest BCUT2D eigenvalue weighted by Crippen LogP contribution is 2.18. The molecule has 0 saturated carbocycles. The molecule has 1 heterocycles. The van der Waals surface area contributed by atoms with Crippen molar-refractivity contribution in [3.05, 3.63) is 24.3 Å². The van der Waals surface area contributed by atoms with E-state index >= 15 is 0 Å². The summed E-state index contributed by atoms with van der Waals surface area (Å²) in [7, 11) is 1.63. The maximum Gasteiger partial charge on any atom is 0.220 e. The Morgan fingerprint density at radius 1 is 1.36 bits per heavy atom. The number of benzene rings is 1. The minimum absolute atomic E-state index is 0.0644. The number of carbonyl (C=O) groups excluding carboxylic acids is 1. The number of hydrogen-bond acceptors (Lipinski definition) is 4. The molecule has 1 aromatic rings. The second-order valence-corrected chi connectivity index (χ2v) is 5.81. The van der Waals surface area contributed by atoms with Gasteiger partial charge in [0, 0.05) is 6.42 Å². The average molecular weight is 306 g/mol. The third-order valence-corrected chi connectivity index (χ3v) is 3.93. The summed E-state index contributed by atoms with van der Waals surface area (Å²) in [5.74, 6) is 2.34. The van der Waals surface area contributed by atoms with Crippen molar-refractivity contribution < 1.29 is 14.3 Å². The van der Waals surface area contributed by atoms with Crippen molar-refractivity contribution in [1.82, 2.24) is 10.6 Å². The molecule has 0 radical (unpaired) electrons. The molecule has 0 bridgehead atoms. The van der Waals surface area contributed by atoms with E-state index in [-0.39, 0.29) is 12.0 Å². The van der Waals surface area contributed by atoms with Crippen molar-refractivity contribution in [3.63, 3.8) is 0 Å². The lowest BCUT2D eigenvalue weighted by molar-refractivity contribution is -0.121. The van der Waals surface area contributed by atoms with E-state index in [1.807, 2.05) is 31.2 Å². The Morgan fingerprint density at radius 3 is 2.73 bits per heavy atom. The van der Waals surface area contributed by atoms with Crippen molar-refractivity contribution in [3.8, 4) is 11.5 Å². The van der Waals surface area contributed by atoms with Crippen LogP contribution in [0.5, 0.6) is 11.5 Å². The summed E-state index contributed by atoms with van der Waals surface area (Å²) in [5.41, 5.74) is 0. The van der Waals surface area contributed by atoms with Gasteiger partial charge in [0.2, 0.25) is 5.91 Å². The van der Waals surface area contributed by atoms with Gasteiger partial charge in [-0.25, -0.2) is 0 Å². The molecule has 2 atom stereocenters. The molecule has 2 rings (SSSR count). The molecule has 5 nitrogen and oxygen atoms in total. The minimum Gasteiger partial charge on any atom is -0.497 e. The van der Waals surface area contributed by atoms with E-state index in [4.69, 9.17) is 9.47 Å². The summed E-state index contributed by atoms with van der Waals surface area (Å²) in [6.07, 6.45) is 2.68. The van der Waals surface area contributed by atoms with Gasteiger partial charge in [0.05, 0.1) is 13.7 Å². The van der Waals surface area contributed by atoms with Crippen molar-refractivity contribution >= 4 is 5.91 Å². The van der Waals surface area contributed by atoms with E-state index in [0.29, 0.717) is 18.9 Å². The maximum atomic E-state index is 11.8. The van der Waals surface area contributed by atoms with Gasteiger partial charge in [-0.1, -0.05) is 0 Å². The van der Waals surface area contributed by atoms with Gasteiger partial charge in [0.15, 0.2) is 0 Å². The topological polar surface area (TPSA) is 59.6 Å². The number of rotatable bonds is 8. The van der Waals surface area contributed by atoms with Crippen LogP contribution in [-0.4, -0.2) is 38.8 Å². The van der Waals surface area contributed by atoms with E-state index in [0.717, 1.165) is 31.0 Å². The highest BCUT2D eigenvalue weighted by atomic mass is 16.5. The molecular formula is C17H26N2O3. The van der Waals surface area contributed by atoms with Crippen LogP contribution >= 0.6 is 0 Å². The third-order valence-electron chi connectivity index (χ3n) is 3.93. The Labute approximate surface area is 132 Å². The molecule has 5 heteroatoms. The number of amides is 1. The van der Waals surface area contributed by atoms with Crippen LogP contribution in [0, 0.1) is 5.92 Å². The quantitative estimate of drug-likeness (QED) is 0.771. The largest absolute Gasteiger partial charge is 0.497 e. The first kappa shape index (κ1) is 16.6. The van der Waals surface area contributed by atoms with Gasteiger partial charge in [-0.15, -0.1) is 0 Å². The summed E-state index contributed by atoms with van der Waals surface area (Å²) in [5, 5.41) is 6.26. The predicted octanol–water partition coefficient (Wildman–Crippen LogP) is 1.97. The van der Waals surface area contributed by atoms with E-state index in [2.05, 4.69) is 10.6 Å². The zero-order valence-electron chi connectivity index (χ0n) is 13.4. The Kier molecular flexibility index (Phi) is 6.52. The Bertz CT molecular complexity index is 455. The minimum atomic E-state index is -0.0644. The highest BCUT2D eigenvalue weighted by molar-refractivity contribution is 5.75. The van der Waals surface area contributed by atoms with Gasteiger partial charge in [-0.2, -0.15) is 0 Å². The average Bonchev–Trinajstić information content (AvgIpc) is 3.05. The highest BCUT2D eigenvalue weighted by Gasteiger charge is 2.16. The molecule has 0 aliphatic carbocycles. The van der Waals surface area contributed by atoms with Crippen molar-refractivity contribution in [1.29, 1.82) is 0 Å². The molecule has 0 spiro atoms. The Morgan fingerprint density at radius 2 is 2.09 bits per heavy atom. The molecule has 1 aliphatic heterocycles. The van der Waals surface area contributed by atoms with Crippen LogP contribution in [0.4, 0.5) is 0 Å². The first-order chi connectivity index (χ1) is 10.7. The summed E-state index contributed by atoms with van der Waals surface area (Å²) < 4.78 is 10.9. The van der Waals surface area contributed by atoms with Crippen LogP contribution in [0.1, 0.15) is 26.2 Å². The Hall–Kier alpha value is -1.75. The van der Waals surface area contributed by atoms with E-state index in [1.54, 1.807) is 7.11 Å². The van der Waals surface area contributed by atoms with Gasteiger partial charge in [-0.3, -0.25) is 4.79 Å².